The van der Waals surface area contributed by atoms with Crippen molar-refractivity contribution in [1.82, 2.24) is 15.2 Å². The van der Waals surface area contributed by atoms with E-state index >= 15 is 0 Å². The van der Waals surface area contributed by atoms with Gasteiger partial charge < -0.3 is 5.32 Å². The number of carbonyl (C=O) groups is 1. The molecule has 1 aliphatic carbocycles. The number of hydrogen-bond acceptors (Lipinski definition) is 4. The van der Waals surface area contributed by atoms with Gasteiger partial charge in [-0.1, -0.05) is 6.07 Å². The minimum Gasteiger partial charge on any atom is -0.343 e. The average molecular weight is 282 g/mol. The van der Waals surface area contributed by atoms with E-state index in [0.717, 1.165) is 24.2 Å². The molecular formula is C15H14N4O2. The number of pyridine rings is 1. The number of anilines is 1. The number of nitrogens with one attached hydrogen (secondary N) is 3. The van der Waals surface area contributed by atoms with Gasteiger partial charge >= 0.3 is 0 Å². The van der Waals surface area contributed by atoms with Crippen molar-refractivity contribution < 1.29 is 4.79 Å². The maximum atomic E-state index is 12.4. The molecular weight excluding hydrogens is 268 g/mol. The highest BCUT2D eigenvalue weighted by Crippen LogP contribution is 2.42. The van der Waals surface area contributed by atoms with Gasteiger partial charge in [0.2, 0.25) is 0 Å². The molecule has 6 heteroatoms. The van der Waals surface area contributed by atoms with Crippen molar-refractivity contribution in [3.8, 4) is 0 Å². The van der Waals surface area contributed by atoms with Crippen molar-refractivity contribution in [2.75, 3.05) is 5.32 Å². The molecule has 2 aromatic heterocycles. The maximum Gasteiger partial charge on any atom is 0.270 e. The zero-order chi connectivity index (χ0) is 14.4. The first-order valence-electron chi connectivity index (χ1n) is 7.00. The second kappa shape index (κ2) is 4.44. The fourth-order valence-corrected chi connectivity index (χ4v) is 3.21. The molecule has 2 aromatic rings. The van der Waals surface area contributed by atoms with Gasteiger partial charge in [0.25, 0.3) is 5.56 Å². The molecule has 0 bridgehead atoms. The summed E-state index contributed by atoms with van der Waals surface area (Å²) >= 11 is 0. The Kier molecular flexibility index (Phi) is 2.57. The van der Waals surface area contributed by atoms with Gasteiger partial charge in [-0.3, -0.25) is 24.8 Å². The first-order valence-corrected chi connectivity index (χ1v) is 7.00. The largest absolute Gasteiger partial charge is 0.343 e. The Hall–Kier alpha value is -2.63. The summed E-state index contributed by atoms with van der Waals surface area (Å²) < 4.78 is 0. The van der Waals surface area contributed by atoms with Crippen LogP contribution in [0.2, 0.25) is 0 Å². The van der Waals surface area contributed by atoms with Crippen molar-refractivity contribution in [3.05, 3.63) is 57.3 Å². The van der Waals surface area contributed by atoms with E-state index in [4.69, 9.17) is 0 Å². The molecule has 4 rings (SSSR count). The lowest BCUT2D eigenvalue weighted by Crippen LogP contribution is -2.29. The Balaban J connectivity index is 1.98. The number of fused-ring (bicyclic) bond motifs is 1. The van der Waals surface area contributed by atoms with Gasteiger partial charge in [-0.2, -0.15) is 0 Å². The Morgan fingerprint density at radius 2 is 2.05 bits per heavy atom. The molecule has 0 unspecified atom stereocenters. The molecule has 21 heavy (non-hydrogen) atoms. The van der Waals surface area contributed by atoms with E-state index in [9.17, 15) is 9.59 Å². The quantitative estimate of drug-likeness (QED) is 0.742. The Bertz CT molecular complexity index is 801. The highest BCUT2D eigenvalue weighted by molar-refractivity contribution is 6.00. The first kappa shape index (κ1) is 12.1. The molecule has 0 saturated heterocycles. The standard InChI is InChI=1S/C15H14N4O2/c20-10-6-3-5-9-11(10)12(8-4-1-2-7-16-8)13-14(17-9)18-19-15(13)21/h1-2,4,7,12H,3,5-6H2,(H3,17,18,19,21)/t12-/m1/s1. The molecule has 2 aliphatic rings. The number of ketones is 1. The van der Waals surface area contributed by atoms with Crippen LogP contribution in [0, 0.1) is 0 Å². The molecule has 0 aromatic carbocycles. The SMILES string of the molecule is O=C1CCCC2=C1[C@@H](c1ccccn1)c1c([nH][nH]c1=O)N2. The smallest absolute Gasteiger partial charge is 0.270 e. The van der Waals surface area contributed by atoms with E-state index in [1.54, 1.807) is 6.20 Å². The summed E-state index contributed by atoms with van der Waals surface area (Å²) in [6, 6.07) is 5.56. The number of Topliss-reactive ketones (excluding diaryl/α,β-unsaturated/α-hetero) is 1. The van der Waals surface area contributed by atoms with Gasteiger partial charge in [0.1, 0.15) is 5.82 Å². The molecule has 0 saturated carbocycles. The molecule has 0 fully saturated rings. The number of allylic oxidation sites excluding steroid dienone is 2. The molecule has 106 valence electrons. The number of aromatic nitrogens is 3. The molecule has 3 N–H and O–H groups in total. The van der Waals surface area contributed by atoms with E-state index in [0.29, 0.717) is 23.4 Å². The highest BCUT2D eigenvalue weighted by Gasteiger charge is 2.38. The fraction of sp³-hybridized carbons (Fsp3) is 0.267. The van der Waals surface area contributed by atoms with Gasteiger partial charge in [0.15, 0.2) is 5.78 Å². The summed E-state index contributed by atoms with van der Waals surface area (Å²) in [7, 11) is 0. The Morgan fingerprint density at radius 1 is 1.14 bits per heavy atom. The Morgan fingerprint density at radius 3 is 2.86 bits per heavy atom. The predicted octanol–water partition coefficient (Wildman–Crippen LogP) is 1.66. The fourth-order valence-electron chi connectivity index (χ4n) is 3.21. The van der Waals surface area contributed by atoms with Crippen molar-refractivity contribution in [2.24, 2.45) is 0 Å². The number of H-pyrrole nitrogens is 2. The van der Waals surface area contributed by atoms with E-state index in [1.165, 1.54) is 0 Å². The van der Waals surface area contributed by atoms with Gasteiger partial charge in [0.05, 0.1) is 17.2 Å². The van der Waals surface area contributed by atoms with Crippen molar-refractivity contribution in [3.63, 3.8) is 0 Å². The predicted molar refractivity (Wildman–Crippen MR) is 77.0 cm³/mol. The molecule has 0 amide bonds. The summed E-state index contributed by atoms with van der Waals surface area (Å²) in [5.74, 6) is 0.356. The van der Waals surface area contributed by atoms with E-state index in [1.807, 2.05) is 18.2 Å². The topological polar surface area (TPSA) is 90.6 Å². The van der Waals surface area contributed by atoms with Crippen molar-refractivity contribution in [1.29, 1.82) is 0 Å². The number of carbonyl (C=O) groups excluding carboxylic acids is 1. The lowest BCUT2D eigenvalue weighted by Gasteiger charge is -2.30. The van der Waals surface area contributed by atoms with Gasteiger partial charge in [-0.05, 0) is 25.0 Å². The molecule has 1 aliphatic heterocycles. The summed E-state index contributed by atoms with van der Waals surface area (Å²) in [4.78, 5) is 28.9. The zero-order valence-electron chi connectivity index (χ0n) is 11.3. The summed E-state index contributed by atoms with van der Waals surface area (Å²) in [6.45, 7) is 0. The van der Waals surface area contributed by atoms with Gasteiger partial charge in [-0.25, -0.2) is 0 Å². The third-order valence-electron chi connectivity index (χ3n) is 4.11. The van der Waals surface area contributed by atoms with Crippen LogP contribution in [0.1, 0.15) is 36.4 Å². The number of rotatable bonds is 1. The summed E-state index contributed by atoms with van der Waals surface area (Å²) in [5.41, 5.74) is 2.66. The van der Waals surface area contributed by atoms with E-state index < -0.39 is 0 Å². The molecule has 1 atom stereocenters. The lowest BCUT2D eigenvalue weighted by atomic mass is 9.78. The third-order valence-corrected chi connectivity index (χ3v) is 4.11. The van der Waals surface area contributed by atoms with Crippen LogP contribution in [-0.2, 0) is 4.79 Å². The molecule has 0 spiro atoms. The van der Waals surface area contributed by atoms with Crippen molar-refractivity contribution >= 4 is 11.6 Å². The minimum atomic E-state index is -0.389. The second-order valence-corrected chi connectivity index (χ2v) is 5.35. The van der Waals surface area contributed by atoms with Crippen molar-refractivity contribution in [2.45, 2.75) is 25.2 Å². The van der Waals surface area contributed by atoms with Crippen LogP contribution in [-0.4, -0.2) is 21.0 Å². The van der Waals surface area contributed by atoms with Crippen LogP contribution >= 0.6 is 0 Å². The maximum absolute atomic E-state index is 12.4. The third kappa shape index (κ3) is 1.75. The van der Waals surface area contributed by atoms with E-state index in [2.05, 4.69) is 20.5 Å². The molecule has 0 radical (unpaired) electrons. The Labute approximate surface area is 120 Å². The molecule has 3 heterocycles. The second-order valence-electron chi connectivity index (χ2n) is 5.35. The first-order chi connectivity index (χ1) is 10.3. The summed E-state index contributed by atoms with van der Waals surface area (Å²) in [6.07, 6.45) is 3.87. The minimum absolute atomic E-state index is 0.102. The summed E-state index contributed by atoms with van der Waals surface area (Å²) in [5, 5.41) is 8.64. The highest BCUT2D eigenvalue weighted by atomic mass is 16.1. The normalized spacial score (nSPS) is 20.8. The lowest BCUT2D eigenvalue weighted by molar-refractivity contribution is -0.116. The number of aromatic amines is 2. The van der Waals surface area contributed by atoms with Gasteiger partial charge in [0, 0.05) is 23.9 Å². The monoisotopic (exact) mass is 282 g/mol. The van der Waals surface area contributed by atoms with Crippen LogP contribution in [0.5, 0.6) is 0 Å². The zero-order valence-corrected chi connectivity index (χ0v) is 11.3. The van der Waals surface area contributed by atoms with E-state index in [-0.39, 0.29) is 17.3 Å². The van der Waals surface area contributed by atoms with Crippen LogP contribution in [0.3, 0.4) is 0 Å². The van der Waals surface area contributed by atoms with Crippen LogP contribution in [0.4, 0.5) is 5.82 Å². The average Bonchev–Trinajstić information content (AvgIpc) is 2.88. The van der Waals surface area contributed by atoms with Gasteiger partial charge in [-0.15, -0.1) is 0 Å². The molecule has 6 nitrogen and oxygen atoms in total. The number of hydrogen-bond donors (Lipinski definition) is 3. The number of nitrogens with zero attached hydrogens (tertiary/aromatic N) is 1. The van der Waals surface area contributed by atoms with Crippen LogP contribution < -0.4 is 10.9 Å². The van der Waals surface area contributed by atoms with Crippen LogP contribution in [0.25, 0.3) is 0 Å². The van der Waals surface area contributed by atoms with Crippen LogP contribution in [0.15, 0.2) is 40.5 Å².